The smallest absolute Gasteiger partial charge is 0.220 e. The van der Waals surface area contributed by atoms with Crippen LogP contribution in [0, 0.1) is 0 Å². The summed E-state index contributed by atoms with van der Waals surface area (Å²) in [5.41, 5.74) is 0. The Hall–Kier alpha value is -3.09. The van der Waals surface area contributed by atoms with Gasteiger partial charge in [0.1, 0.15) is 48.8 Å². The summed E-state index contributed by atoms with van der Waals surface area (Å²) in [5, 5.41) is 86.2. The molecule has 0 aromatic heterocycles. The van der Waals surface area contributed by atoms with Gasteiger partial charge in [-0.15, -0.1) is 0 Å². The highest BCUT2D eigenvalue weighted by Crippen LogP contribution is 2.30. The van der Waals surface area contributed by atoms with Crippen molar-refractivity contribution in [1.29, 1.82) is 0 Å². The third-order valence-electron chi connectivity index (χ3n) is 13.5. The van der Waals surface area contributed by atoms with Gasteiger partial charge in [-0.3, -0.25) is 4.79 Å². The largest absolute Gasteiger partial charge is 0.394 e. The van der Waals surface area contributed by atoms with Gasteiger partial charge in [-0.2, -0.15) is 0 Å². The first-order valence-electron chi connectivity index (χ1n) is 29.0. The van der Waals surface area contributed by atoms with E-state index in [1.807, 2.05) is 6.08 Å². The van der Waals surface area contributed by atoms with Crippen LogP contribution in [0.4, 0.5) is 0 Å². The van der Waals surface area contributed by atoms with Crippen molar-refractivity contribution in [3.8, 4) is 0 Å². The van der Waals surface area contributed by atoms with E-state index < -0.39 is 86.8 Å². The minimum Gasteiger partial charge on any atom is -0.394 e. The van der Waals surface area contributed by atoms with Gasteiger partial charge < -0.3 is 65.1 Å². The second-order valence-corrected chi connectivity index (χ2v) is 20.0. The van der Waals surface area contributed by atoms with Gasteiger partial charge in [0.2, 0.25) is 5.91 Å². The Morgan fingerprint density at radius 2 is 0.920 bits per heavy atom. The molecule has 0 aromatic carbocycles. The van der Waals surface area contributed by atoms with Crippen LogP contribution < -0.4 is 5.32 Å². The van der Waals surface area contributed by atoms with Crippen molar-refractivity contribution in [3.63, 3.8) is 0 Å². The normalized spacial score (nSPS) is 25.8. The quantitative estimate of drug-likeness (QED) is 0.0205. The molecule has 0 spiro atoms. The van der Waals surface area contributed by atoms with Crippen LogP contribution in [0.2, 0.25) is 0 Å². The van der Waals surface area contributed by atoms with Crippen molar-refractivity contribution in [2.45, 2.75) is 261 Å². The first-order chi connectivity index (χ1) is 36.6. The van der Waals surface area contributed by atoms with Gasteiger partial charge in [0, 0.05) is 6.42 Å². The topological polar surface area (TPSA) is 228 Å². The van der Waals surface area contributed by atoms with E-state index in [0.717, 1.165) is 83.5 Å². The zero-order chi connectivity index (χ0) is 54.6. The minimum atomic E-state index is -1.79. The van der Waals surface area contributed by atoms with Crippen molar-refractivity contribution < 1.29 is 64.6 Å². The molecule has 1 amide bonds. The monoisotopic (exact) mass is 1060 g/mol. The lowest BCUT2D eigenvalue weighted by atomic mass is 9.97. The molecule has 0 bridgehead atoms. The van der Waals surface area contributed by atoms with Gasteiger partial charge in [0.15, 0.2) is 12.6 Å². The Morgan fingerprint density at radius 3 is 1.40 bits per heavy atom. The van der Waals surface area contributed by atoms with E-state index in [4.69, 9.17) is 18.9 Å². The van der Waals surface area contributed by atoms with E-state index in [0.29, 0.717) is 6.42 Å². The average Bonchev–Trinajstić information content (AvgIpc) is 3.41. The minimum absolute atomic E-state index is 0.253. The number of ether oxygens (including phenoxy) is 4. The van der Waals surface area contributed by atoms with E-state index in [1.165, 1.54) is 77.0 Å². The van der Waals surface area contributed by atoms with E-state index in [-0.39, 0.29) is 18.9 Å². The number of aliphatic hydroxyl groups is 8. The molecule has 14 nitrogen and oxygen atoms in total. The Morgan fingerprint density at radius 1 is 0.493 bits per heavy atom. The molecule has 14 heteroatoms. The molecule has 2 saturated heterocycles. The number of aliphatic hydroxyl groups excluding tert-OH is 8. The van der Waals surface area contributed by atoms with E-state index in [9.17, 15) is 45.6 Å². The lowest BCUT2D eigenvalue weighted by Crippen LogP contribution is -2.65. The van der Waals surface area contributed by atoms with E-state index in [1.54, 1.807) is 6.08 Å². The maximum atomic E-state index is 13.1. The number of hydrogen-bond donors (Lipinski definition) is 9. The molecular formula is C61H103NO13. The summed E-state index contributed by atoms with van der Waals surface area (Å²) >= 11 is 0. The number of carbonyl (C=O) groups is 1. The molecule has 12 atom stereocenters. The van der Waals surface area contributed by atoms with E-state index >= 15 is 0 Å². The summed E-state index contributed by atoms with van der Waals surface area (Å²) in [7, 11) is 0. The van der Waals surface area contributed by atoms with Gasteiger partial charge in [0.25, 0.3) is 0 Å². The maximum Gasteiger partial charge on any atom is 0.220 e. The molecule has 0 saturated carbocycles. The summed E-state index contributed by atoms with van der Waals surface area (Å²) in [5.74, 6) is -0.253. The fraction of sp³-hybridized carbons (Fsp3) is 0.721. The van der Waals surface area contributed by atoms with Crippen molar-refractivity contribution >= 4 is 5.91 Å². The van der Waals surface area contributed by atoms with Crippen molar-refractivity contribution in [2.24, 2.45) is 0 Å². The Bertz CT molecular complexity index is 1620. The predicted molar refractivity (Wildman–Crippen MR) is 299 cm³/mol. The standard InChI is InChI=1S/C61H103NO13/c1-3-5-7-9-10-11-12-13-14-15-16-17-18-19-20-21-22-23-24-25-26-27-28-29-30-31-32-33-34-35-36-37-38-39-40-41-43-45-53(66)62-49(50(65)44-42-8-6-4-2)48-72-60-58(71)56(69)59(52(47-64)74-60)75-61-57(70)55(68)54(67)51(46-63)73-61/h5,7,10-11,13-14,16-17,19-20,22-23,25-26,42,44,49-52,54-61,63-65,67-71H,3-4,6,8-9,12,15,18,21,24,27-41,43,45-48H2,1-2H3,(H,62,66)/b7-5-,11-10-,14-13-,17-16-,20-19-,23-22-,26-25-,44-42+. The third-order valence-corrected chi connectivity index (χ3v) is 13.5. The van der Waals surface area contributed by atoms with Crippen LogP contribution in [0.5, 0.6) is 0 Å². The number of rotatable bonds is 44. The highest BCUT2D eigenvalue weighted by molar-refractivity contribution is 5.76. The maximum absolute atomic E-state index is 13.1. The third kappa shape index (κ3) is 31.8. The first-order valence-corrected chi connectivity index (χ1v) is 29.0. The predicted octanol–water partition coefficient (Wildman–Crippen LogP) is 9.49. The highest BCUT2D eigenvalue weighted by atomic mass is 16.7. The van der Waals surface area contributed by atoms with Crippen LogP contribution in [-0.4, -0.2) is 140 Å². The summed E-state index contributed by atoms with van der Waals surface area (Å²) in [6.07, 6.45) is 47.1. The van der Waals surface area contributed by atoms with Crippen LogP contribution in [0.25, 0.3) is 0 Å². The first kappa shape index (κ1) is 68.0. The van der Waals surface area contributed by atoms with Crippen molar-refractivity contribution in [1.82, 2.24) is 5.32 Å². The number of nitrogens with one attached hydrogen (secondary N) is 1. The molecule has 75 heavy (non-hydrogen) atoms. The molecule has 12 unspecified atom stereocenters. The lowest BCUT2D eigenvalue weighted by molar-refractivity contribution is -0.359. The molecule has 2 aliphatic heterocycles. The fourth-order valence-corrected chi connectivity index (χ4v) is 8.84. The second kappa shape index (κ2) is 45.9. The van der Waals surface area contributed by atoms with Gasteiger partial charge in [0.05, 0.1) is 32.0 Å². The van der Waals surface area contributed by atoms with Crippen molar-refractivity contribution in [2.75, 3.05) is 19.8 Å². The average molecular weight is 1060 g/mol. The number of amides is 1. The fourth-order valence-electron chi connectivity index (χ4n) is 8.84. The highest BCUT2D eigenvalue weighted by Gasteiger charge is 2.51. The van der Waals surface area contributed by atoms with Crippen LogP contribution >= 0.6 is 0 Å². The van der Waals surface area contributed by atoms with Crippen molar-refractivity contribution in [3.05, 3.63) is 97.2 Å². The SMILES string of the molecule is CC/C=C\C/C=C\C/C=C\C/C=C\C/C=C\C/C=C\C/C=C\CCCCCCCCCCCCCCCCCC(=O)NC(COC1OC(CO)C(OC2OC(CO)C(O)C(O)C2O)C(O)C1O)C(O)/C=C/CCCC. The van der Waals surface area contributed by atoms with Crippen LogP contribution in [0.1, 0.15) is 187 Å². The molecular weight excluding hydrogens is 955 g/mol. The summed E-state index contributed by atoms with van der Waals surface area (Å²) in [6, 6.07) is -0.914. The number of unbranched alkanes of at least 4 members (excludes halogenated alkanes) is 17. The van der Waals surface area contributed by atoms with Gasteiger partial charge in [-0.25, -0.2) is 0 Å². The van der Waals surface area contributed by atoms with E-state index in [2.05, 4.69) is 104 Å². The Kier molecular flexibility index (Phi) is 41.6. The van der Waals surface area contributed by atoms with Crippen LogP contribution in [0.3, 0.4) is 0 Å². The molecule has 2 heterocycles. The number of hydrogen-bond acceptors (Lipinski definition) is 13. The molecule has 430 valence electrons. The Balaban J connectivity index is 1.51. The molecule has 0 aromatic rings. The molecule has 9 N–H and O–H groups in total. The zero-order valence-corrected chi connectivity index (χ0v) is 46.0. The summed E-state index contributed by atoms with van der Waals surface area (Å²) in [6.45, 7) is 2.49. The molecule has 2 rings (SSSR count). The molecule has 2 aliphatic rings. The molecule has 0 radical (unpaired) electrons. The lowest BCUT2D eigenvalue weighted by Gasteiger charge is -2.46. The van der Waals surface area contributed by atoms with Crippen LogP contribution in [-0.2, 0) is 23.7 Å². The summed E-state index contributed by atoms with van der Waals surface area (Å²) in [4.78, 5) is 13.1. The van der Waals surface area contributed by atoms with Gasteiger partial charge >= 0.3 is 0 Å². The Labute approximate surface area is 452 Å². The number of carbonyl (C=O) groups excluding carboxylic acids is 1. The van der Waals surface area contributed by atoms with Crippen LogP contribution in [0.15, 0.2) is 97.2 Å². The number of allylic oxidation sites excluding steroid dienone is 15. The zero-order valence-electron chi connectivity index (χ0n) is 46.0. The molecule has 0 aliphatic carbocycles. The van der Waals surface area contributed by atoms with Gasteiger partial charge in [-0.1, -0.05) is 207 Å². The summed E-state index contributed by atoms with van der Waals surface area (Å²) < 4.78 is 22.5. The molecule has 2 fully saturated rings. The van der Waals surface area contributed by atoms with Gasteiger partial charge in [-0.05, 0) is 70.6 Å². The second-order valence-electron chi connectivity index (χ2n) is 20.0.